The zero-order chi connectivity index (χ0) is 16.4. The van der Waals surface area contributed by atoms with E-state index in [0.717, 1.165) is 11.3 Å². The fourth-order valence-corrected chi connectivity index (χ4v) is 2.55. The first-order valence-electron chi connectivity index (χ1n) is 7.55. The average Bonchev–Trinajstić information content (AvgIpc) is 2.57. The molecule has 1 fully saturated rings. The molecular formula is C17H19N3O3. The van der Waals surface area contributed by atoms with E-state index >= 15 is 0 Å². The molecule has 0 N–H and O–H groups in total. The average molecular weight is 313 g/mol. The number of carbonyl (C=O) groups is 1. The van der Waals surface area contributed by atoms with Gasteiger partial charge in [-0.3, -0.25) is 14.6 Å². The highest BCUT2D eigenvalue weighted by molar-refractivity contribution is 5.94. The third-order valence-electron chi connectivity index (χ3n) is 3.97. The van der Waals surface area contributed by atoms with Crippen LogP contribution in [0.4, 0.5) is 0 Å². The lowest BCUT2D eigenvalue weighted by molar-refractivity contribution is -0.0247. The van der Waals surface area contributed by atoms with Gasteiger partial charge in [-0.2, -0.15) is 0 Å². The Morgan fingerprint density at radius 1 is 1.35 bits per heavy atom. The molecule has 2 aromatic rings. The predicted molar refractivity (Wildman–Crippen MR) is 85.3 cm³/mol. The summed E-state index contributed by atoms with van der Waals surface area (Å²) in [5.41, 5.74) is 2.11. The molecule has 0 saturated carbocycles. The largest absolute Gasteiger partial charge is 0.368 e. The Labute approximate surface area is 134 Å². The first kappa shape index (κ1) is 15.4. The Morgan fingerprint density at radius 2 is 2.17 bits per heavy atom. The SMILES string of the molecule is Cc1ccc([C@H]2CN(C(=O)c3ccn(C)c(=O)c3)CCO2)nc1. The van der Waals surface area contributed by atoms with Crippen LogP contribution in [0.5, 0.6) is 0 Å². The molecule has 1 amide bonds. The van der Waals surface area contributed by atoms with E-state index in [0.29, 0.717) is 25.3 Å². The maximum atomic E-state index is 12.6. The van der Waals surface area contributed by atoms with Gasteiger partial charge >= 0.3 is 0 Å². The van der Waals surface area contributed by atoms with Crippen molar-refractivity contribution >= 4 is 5.91 Å². The molecule has 120 valence electrons. The fraction of sp³-hybridized carbons (Fsp3) is 0.353. The standard InChI is InChI=1S/C17H19N3O3/c1-12-3-4-14(18-10-12)15-11-20(7-8-23-15)17(22)13-5-6-19(2)16(21)9-13/h3-6,9-10,15H,7-8,11H2,1-2H3/t15-/m1/s1. The number of ether oxygens (including phenoxy) is 1. The molecule has 23 heavy (non-hydrogen) atoms. The van der Waals surface area contributed by atoms with Gasteiger partial charge in [-0.15, -0.1) is 0 Å². The molecule has 1 aliphatic heterocycles. The van der Waals surface area contributed by atoms with E-state index in [2.05, 4.69) is 4.98 Å². The van der Waals surface area contributed by atoms with Gasteiger partial charge in [0.15, 0.2) is 0 Å². The lowest BCUT2D eigenvalue weighted by Gasteiger charge is -2.32. The van der Waals surface area contributed by atoms with E-state index in [-0.39, 0.29) is 17.6 Å². The van der Waals surface area contributed by atoms with Gasteiger partial charge in [0.2, 0.25) is 0 Å². The summed E-state index contributed by atoms with van der Waals surface area (Å²) in [6.07, 6.45) is 3.16. The molecule has 6 nitrogen and oxygen atoms in total. The van der Waals surface area contributed by atoms with E-state index in [1.54, 1.807) is 30.4 Å². The van der Waals surface area contributed by atoms with Gasteiger partial charge < -0.3 is 14.2 Å². The number of morpholine rings is 1. The molecule has 0 aromatic carbocycles. The molecule has 1 atom stereocenters. The molecule has 0 spiro atoms. The second-order valence-corrected chi connectivity index (χ2v) is 5.74. The number of aromatic nitrogens is 2. The van der Waals surface area contributed by atoms with Crippen molar-refractivity contribution in [3.8, 4) is 0 Å². The molecule has 6 heteroatoms. The minimum Gasteiger partial charge on any atom is -0.368 e. The maximum Gasteiger partial charge on any atom is 0.254 e. The first-order chi connectivity index (χ1) is 11.0. The summed E-state index contributed by atoms with van der Waals surface area (Å²) in [5, 5.41) is 0. The zero-order valence-corrected chi connectivity index (χ0v) is 13.2. The van der Waals surface area contributed by atoms with E-state index in [1.807, 2.05) is 19.1 Å². The normalized spacial score (nSPS) is 18.0. The molecule has 0 aliphatic carbocycles. The van der Waals surface area contributed by atoms with Crippen LogP contribution < -0.4 is 5.56 Å². The number of aryl methyl sites for hydroxylation is 2. The summed E-state index contributed by atoms with van der Waals surface area (Å²) in [5.74, 6) is -0.150. The van der Waals surface area contributed by atoms with Gasteiger partial charge in [-0.05, 0) is 24.6 Å². The van der Waals surface area contributed by atoms with Crippen molar-refractivity contribution in [1.29, 1.82) is 0 Å². The number of carbonyl (C=O) groups excluding carboxylic acids is 1. The molecule has 1 saturated heterocycles. The Morgan fingerprint density at radius 3 is 2.87 bits per heavy atom. The Bertz CT molecular complexity index is 767. The quantitative estimate of drug-likeness (QED) is 0.838. The number of rotatable bonds is 2. The van der Waals surface area contributed by atoms with E-state index < -0.39 is 0 Å². The molecule has 0 radical (unpaired) electrons. The zero-order valence-electron chi connectivity index (χ0n) is 13.2. The summed E-state index contributed by atoms with van der Waals surface area (Å²) < 4.78 is 7.18. The Balaban J connectivity index is 1.77. The van der Waals surface area contributed by atoms with Crippen molar-refractivity contribution in [2.45, 2.75) is 13.0 Å². The molecule has 3 rings (SSSR count). The summed E-state index contributed by atoms with van der Waals surface area (Å²) in [7, 11) is 1.66. The molecular weight excluding hydrogens is 294 g/mol. The van der Waals surface area contributed by atoms with Crippen molar-refractivity contribution in [3.63, 3.8) is 0 Å². The number of nitrogens with zero attached hydrogens (tertiary/aromatic N) is 3. The molecule has 1 aliphatic rings. The van der Waals surface area contributed by atoms with Gasteiger partial charge in [0.25, 0.3) is 11.5 Å². The first-order valence-corrected chi connectivity index (χ1v) is 7.55. The summed E-state index contributed by atoms with van der Waals surface area (Å²) in [4.78, 5) is 30.4. The number of amides is 1. The van der Waals surface area contributed by atoms with Crippen LogP contribution in [0, 0.1) is 6.92 Å². The second kappa shape index (κ2) is 6.34. The lowest BCUT2D eigenvalue weighted by atomic mass is 10.1. The number of pyridine rings is 2. The molecule has 2 aromatic heterocycles. The van der Waals surface area contributed by atoms with Crippen molar-refractivity contribution in [3.05, 3.63) is 63.8 Å². The third-order valence-corrected chi connectivity index (χ3v) is 3.97. The second-order valence-electron chi connectivity index (χ2n) is 5.74. The molecule has 0 unspecified atom stereocenters. The van der Waals surface area contributed by atoms with Crippen molar-refractivity contribution in [1.82, 2.24) is 14.5 Å². The van der Waals surface area contributed by atoms with Gasteiger partial charge in [0.1, 0.15) is 6.10 Å². The van der Waals surface area contributed by atoms with Crippen LogP contribution in [0.1, 0.15) is 27.7 Å². The van der Waals surface area contributed by atoms with Crippen LogP contribution in [0.2, 0.25) is 0 Å². The smallest absolute Gasteiger partial charge is 0.254 e. The van der Waals surface area contributed by atoms with Gasteiger partial charge in [0.05, 0.1) is 18.8 Å². The van der Waals surface area contributed by atoms with Crippen molar-refractivity contribution in [2.24, 2.45) is 7.05 Å². The van der Waals surface area contributed by atoms with Crippen molar-refractivity contribution in [2.75, 3.05) is 19.7 Å². The minimum atomic E-state index is -0.236. The maximum absolute atomic E-state index is 12.6. The van der Waals surface area contributed by atoms with Gasteiger partial charge in [-0.25, -0.2) is 0 Å². The minimum absolute atomic E-state index is 0.150. The van der Waals surface area contributed by atoms with Crippen LogP contribution in [-0.4, -0.2) is 40.1 Å². The highest BCUT2D eigenvalue weighted by Gasteiger charge is 2.27. The fourth-order valence-electron chi connectivity index (χ4n) is 2.55. The van der Waals surface area contributed by atoms with Crippen LogP contribution in [-0.2, 0) is 11.8 Å². The van der Waals surface area contributed by atoms with Crippen LogP contribution >= 0.6 is 0 Å². The van der Waals surface area contributed by atoms with Crippen LogP contribution in [0.15, 0.2) is 41.5 Å². The van der Waals surface area contributed by atoms with Gasteiger partial charge in [0, 0.05) is 37.6 Å². The van der Waals surface area contributed by atoms with E-state index in [4.69, 9.17) is 4.74 Å². The Kier molecular flexibility index (Phi) is 4.25. The number of hydrogen-bond donors (Lipinski definition) is 0. The predicted octanol–water partition coefficient (Wildman–Crippen LogP) is 1.30. The van der Waals surface area contributed by atoms with Crippen LogP contribution in [0.3, 0.4) is 0 Å². The highest BCUT2D eigenvalue weighted by Crippen LogP contribution is 2.21. The molecule has 0 bridgehead atoms. The van der Waals surface area contributed by atoms with E-state index in [1.165, 1.54) is 10.6 Å². The highest BCUT2D eigenvalue weighted by atomic mass is 16.5. The molecule has 3 heterocycles. The monoisotopic (exact) mass is 313 g/mol. The van der Waals surface area contributed by atoms with Crippen molar-refractivity contribution < 1.29 is 9.53 Å². The number of hydrogen-bond acceptors (Lipinski definition) is 4. The summed E-state index contributed by atoms with van der Waals surface area (Å²) in [6, 6.07) is 6.94. The summed E-state index contributed by atoms with van der Waals surface area (Å²) >= 11 is 0. The summed E-state index contributed by atoms with van der Waals surface area (Å²) in [6.45, 7) is 3.38. The van der Waals surface area contributed by atoms with Crippen LogP contribution in [0.25, 0.3) is 0 Å². The topological polar surface area (TPSA) is 64.4 Å². The van der Waals surface area contributed by atoms with E-state index in [9.17, 15) is 9.59 Å². The Hall–Kier alpha value is -2.47. The van der Waals surface area contributed by atoms with Gasteiger partial charge in [-0.1, -0.05) is 6.07 Å². The lowest BCUT2D eigenvalue weighted by Crippen LogP contribution is -2.42. The third kappa shape index (κ3) is 3.32.